The lowest BCUT2D eigenvalue weighted by Gasteiger charge is -2.10. The summed E-state index contributed by atoms with van der Waals surface area (Å²) in [5, 5.41) is 20.5. The van der Waals surface area contributed by atoms with Crippen molar-refractivity contribution < 1.29 is 14.8 Å². The van der Waals surface area contributed by atoms with Crippen molar-refractivity contribution in [1.82, 2.24) is 0 Å². The van der Waals surface area contributed by atoms with Gasteiger partial charge in [-0.25, -0.2) is 4.79 Å². The Morgan fingerprint density at radius 3 is 2.64 bits per heavy atom. The minimum absolute atomic E-state index is 0.153. The first kappa shape index (κ1) is 16.1. The molecule has 2 rings (SSSR count). The number of hydrogen-bond donors (Lipinski definition) is 2. The van der Waals surface area contributed by atoms with Crippen molar-refractivity contribution in [2.24, 2.45) is 0 Å². The normalized spacial score (nSPS) is 10.5. The van der Waals surface area contributed by atoms with E-state index in [1.807, 2.05) is 0 Å². The fraction of sp³-hybridized carbons (Fsp3) is 0.0714. The molecule has 0 fully saturated rings. The summed E-state index contributed by atoms with van der Waals surface area (Å²) in [5.74, 6) is -1.23. The molecule has 0 atom stereocenters. The molecule has 22 heavy (non-hydrogen) atoms. The highest BCUT2D eigenvalue weighted by Gasteiger charge is 2.20. The first-order valence-electron chi connectivity index (χ1n) is 6.05. The molecule has 0 aliphatic heterocycles. The number of benzene rings is 2. The van der Waals surface area contributed by atoms with Crippen molar-refractivity contribution in [3.05, 3.63) is 56.6 Å². The summed E-state index contributed by atoms with van der Waals surface area (Å²) in [5.41, 5.74) is 6.75. The first-order valence-corrected chi connectivity index (χ1v) is 7.25. The topological polar surface area (TPSA) is 106 Å². The minimum Gasteiger partial charge on any atom is -0.478 e. The molecular formula is C14H11ClN2O4S. The van der Waals surface area contributed by atoms with Gasteiger partial charge in [0.15, 0.2) is 0 Å². The third-order valence-corrected chi connectivity index (χ3v) is 4.62. The van der Waals surface area contributed by atoms with E-state index in [9.17, 15) is 14.9 Å². The maximum atomic E-state index is 11.2. The average Bonchev–Trinajstić information content (AvgIpc) is 2.47. The number of rotatable bonds is 4. The van der Waals surface area contributed by atoms with Gasteiger partial charge >= 0.3 is 5.97 Å². The SMILES string of the molecule is Cc1ccc(Cl)c(Sc2ccc(C(=O)O)cc2[N+](=O)[O-])c1N. The highest BCUT2D eigenvalue weighted by Crippen LogP contribution is 2.42. The van der Waals surface area contributed by atoms with Gasteiger partial charge in [-0.3, -0.25) is 10.1 Å². The van der Waals surface area contributed by atoms with Crippen LogP contribution in [0.4, 0.5) is 11.4 Å². The van der Waals surface area contributed by atoms with Crippen LogP contribution in [-0.2, 0) is 0 Å². The highest BCUT2D eigenvalue weighted by atomic mass is 35.5. The first-order chi connectivity index (χ1) is 10.3. The van der Waals surface area contributed by atoms with E-state index < -0.39 is 10.9 Å². The number of carbonyl (C=O) groups is 1. The number of nitrogens with two attached hydrogens (primary N) is 1. The Morgan fingerprint density at radius 2 is 2.05 bits per heavy atom. The quantitative estimate of drug-likeness (QED) is 0.496. The molecule has 0 bridgehead atoms. The molecule has 0 saturated carbocycles. The number of nitro groups is 1. The van der Waals surface area contributed by atoms with Gasteiger partial charge in [0.1, 0.15) is 0 Å². The maximum absolute atomic E-state index is 11.2. The lowest BCUT2D eigenvalue weighted by molar-refractivity contribution is -0.387. The molecule has 2 aromatic carbocycles. The number of aryl methyl sites for hydroxylation is 1. The summed E-state index contributed by atoms with van der Waals surface area (Å²) in [6, 6.07) is 7.11. The smallest absolute Gasteiger partial charge is 0.335 e. The third kappa shape index (κ3) is 3.15. The van der Waals surface area contributed by atoms with E-state index in [1.54, 1.807) is 19.1 Å². The van der Waals surface area contributed by atoms with Gasteiger partial charge in [0.2, 0.25) is 0 Å². The van der Waals surface area contributed by atoms with E-state index in [0.717, 1.165) is 23.4 Å². The van der Waals surface area contributed by atoms with Gasteiger partial charge in [0.25, 0.3) is 5.69 Å². The summed E-state index contributed by atoms with van der Waals surface area (Å²) >= 11 is 7.14. The zero-order valence-electron chi connectivity index (χ0n) is 11.4. The number of carboxylic acid groups (broad SMARTS) is 1. The van der Waals surface area contributed by atoms with E-state index in [0.29, 0.717) is 15.6 Å². The Bertz CT molecular complexity index is 780. The molecule has 0 amide bonds. The van der Waals surface area contributed by atoms with Crippen LogP contribution in [0.3, 0.4) is 0 Å². The highest BCUT2D eigenvalue weighted by molar-refractivity contribution is 7.99. The molecule has 8 heteroatoms. The standard InChI is InChI=1S/C14H11ClN2O4S/c1-7-2-4-9(15)13(12(7)16)22-11-5-3-8(14(18)19)6-10(11)17(20)21/h2-6H,16H2,1H3,(H,18,19). The second-order valence-electron chi connectivity index (χ2n) is 4.45. The fourth-order valence-corrected chi connectivity index (χ4v) is 3.08. The van der Waals surface area contributed by atoms with Crippen LogP contribution in [0, 0.1) is 17.0 Å². The van der Waals surface area contributed by atoms with E-state index in [4.69, 9.17) is 22.4 Å². The number of nitro benzene ring substituents is 1. The van der Waals surface area contributed by atoms with Gasteiger partial charge in [-0.2, -0.15) is 0 Å². The molecule has 0 heterocycles. The van der Waals surface area contributed by atoms with Crippen LogP contribution in [0.25, 0.3) is 0 Å². The molecule has 0 aliphatic carbocycles. The minimum atomic E-state index is -1.23. The van der Waals surface area contributed by atoms with Crippen LogP contribution in [0.2, 0.25) is 5.02 Å². The predicted octanol–water partition coefficient (Wildman–Crippen LogP) is 3.99. The van der Waals surface area contributed by atoms with Gasteiger partial charge in [-0.15, -0.1) is 0 Å². The van der Waals surface area contributed by atoms with Crippen LogP contribution in [-0.4, -0.2) is 16.0 Å². The van der Waals surface area contributed by atoms with Crippen molar-refractivity contribution in [2.75, 3.05) is 5.73 Å². The number of nitrogen functional groups attached to an aromatic ring is 1. The zero-order chi connectivity index (χ0) is 16.4. The van der Waals surface area contributed by atoms with Gasteiger partial charge in [0, 0.05) is 6.07 Å². The summed E-state index contributed by atoms with van der Waals surface area (Å²) in [6.07, 6.45) is 0. The van der Waals surface area contributed by atoms with Gasteiger partial charge in [0.05, 0.1) is 31.0 Å². The molecule has 0 aliphatic rings. The second kappa shape index (κ2) is 6.25. The molecule has 0 radical (unpaired) electrons. The molecule has 0 unspecified atom stereocenters. The Labute approximate surface area is 135 Å². The average molecular weight is 339 g/mol. The van der Waals surface area contributed by atoms with Gasteiger partial charge in [-0.1, -0.05) is 29.4 Å². The lowest BCUT2D eigenvalue weighted by atomic mass is 10.2. The summed E-state index contributed by atoms with van der Waals surface area (Å²) < 4.78 is 0. The predicted molar refractivity (Wildman–Crippen MR) is 84.8 cm³/mol. The second-order valence-corrected chi connectivity index (χ2v) is 5.91. The van der Waals surface area contributed by atoms with Crippen LogP contribution in [0.1, 0.15) is 15.9 Å². The summed E-state index contributed by atoms with van der Waals surface area (Å²) in [6.45, 7) is 1.80. The van der Waals surface area contributed by atoms with Gasteiger partial charge in [-0.05, 0) is 30.7 Å². The summed E-state index contributed by atoms with van der Waals surface area (Å²) in [7, 11) is 0. The van der Waals surface area contributed by atoms with Crippen molar-refractivity contribution in [1.29, 1.82) is 0 Å². The summed E-state index contributed by atoms with van der Waals surface area (Å²) in [4.78, 5) is 22.2. The lowest BCUT2D eigenvalue weighted by Crippen LogP contribution is -2.00. The van der Waals surface area contributed by atoms with Crippen molar-refractivity contribution >= 4 is 40.7 Å². The van der Waals surface area contributed by atoms with E-state index in [2.05, 4.69) is 0 Å². The van der Waals surface area contributed by atoms with Crippen LogP contribution < -0.4 is 5.73 Å². The molecule has 0 spiro atoms. The Morgan fingerprint density at radius 1 is 1.36 bits per heavy atom. The van der Waals surface area contributed by atoms with Gasteiger partial charge < -0.3 is 10.8 Å². The van der Waals surface area contributed by atoms with Crippen molar-refractivity contribution in [2.45, 2.75) is 16.7 Å². The number of aromatic carboxylic acids is 1. The molecule has 6 nitrogen and oxygen atoms in total. The van der Waals surface area contributed by atoms with Crippen LogP contribution >= 0.6 is 23.4 Å². The van der Waals surface area contributed by atoms with E-state index in [1.165, 1.54) is 12.1 Å². The monoisotopic (exact) mass is 338 g/mol. The number of anilines is 1. The number of nitrogens with zero attached hydrogens (tertiary/aromatic N) is 1. The fourth-order valence-electron chi connectivity index (χ4n) is 1.76. The molecule has 0 aromatic heterocycles. The molecule has 0 saturated heterocycles. The molecule has 2 aromatic rings. The molecule has 3 N–H and O–H groups in total. The molecule has 114 valence electrons. The Hall–Kier alpha value is -2.25. The number of carboxylic acids is 1. The van der Waals surface area contributed by atoms with Crippen molar-refractivity contribution in [3.8, 4) is 0 Å². The Kier molecular flexibility index (Phi) is 4.58. The largest absolute Gasteiger partial charge is 0.478 e. The third-order valence-electron chi connectivity index (χ3n) is 2.98. The van der Waals surface area contributed by atoms with Crippen molar-refractivity contribution in [3.63, 3.8) is 0 Å². The van der Waals surface area contributed by atoms with E-state index in [-0.39, 0.29) is 16.1 Å². The maximum Gasteiger partial charge on any atom is 0.335 e. The van der Waals surface area contributed by atoms with Crippen LogP contribution in [0.5, 0.6) is 0 Å². The Balaban J connectivity index is 2.53. The number of halogens is 1. The number of hydrogen-bond acceptors (Lipinski definition) is 5. The zero-order valence-corrected chi connectivity index (χ0v) is 12.9. The van der Waals surface area contributed by atoms with E-state index >= 15 is 0 Å². The van der Waals surface area contributed by atoms with Crippen LogP contribution in [0.15, 0.2) is 40.1 Å². The molecular weight excluding hydrogens is 328 g/mol.